The summed E-state index contributed by atoms with van der Waals surface area (Å²) in [5.41, 5.74) is 0.291. The molecule has 1 aliphatic carbocycles. The fourth-order valence-corrected chi connectivity index (χ4v) is 3.47. The maximum atomic E-state index is 12.6. The first-order chi connectivity index (χ1) is 8.85. The highest BCUT2D eigenvalue weighted by Crippen LogP contribution is 2.40. The standard InChI is InChI=1S/C15H26N2O2/c1-5-6-12-14(19)17(10(2)13(18)16-12)11-7-8-15(3,4)9-11/h10-12H,5-9H2,1-4H3,(H,16,18). The molecular formula is C15H26N2O2. The fraction of sp³-hybridized carbons (Fsp3) is 0.867. The molecule has 2 fully saturated rings. The lowest BCUT2D eigenvalue weighted by molar-refractivity contribution is -0.151. The van der Waals surface area contributed by atoms with Crippen LogP contribution in [0.3, 0.4) is 0 Å². The molecule has 0 aromatic heterocycles. The third-order valence-corrected chi connectivity index (χ3v) is 4.58. The van der Waals surface area contributed by atoms with Crippen LogP contribution in [-0.2, 0) is 9.59 Å². The van der Waals surface area contributed by atoms with Gasteiger partial charge in [0.15, 0.2) is 0 Å². The van der Waals surface area contributed by atoms with Crippen molar-refractivity contribution in [2.45, 2.75) is 77.9 Å². The Morgan fingerprint density at radius 1 is 1.37 bits per heavy atom. The van der Waals surface area contributed by atoms with Gasteiger partial charge in [-0.3, -0.25) is 9.59 Å². The van der Waals surface area contributed by atoms with Crippen LogP contribution in [0.2, 0.25) is 0 Å². The van der Waals surface area contributed by atoms with Crippen LogP contribution in [0.25, 0.3) is 0 Å². The number of hydrogen-bond acceptors (Lipinski definition) is 2. The van der Waals surface area contributed by atoms with Gasteiger partial charge in [0.25, 0.3) is 0 Å². The maximum absolute atomic E-state index is 12.6. The Morgan fingerprint density at radius 2 is 2.05 bits per heavy atom. The zero-order valence-corrected chi connectivity index (χ0v) is 12.5. The van der Waals surface area contributed by atoms with Gasteiger partial charge in [-0.05, 0) is 38.0 Å². The largest absolute Gasteiger partial charge is 0.343 e. The number of piperazine rings is 1. The first kappa shape index (κ1) is 14.4. The summed E-state index contributed by atoms with van der Waals surface area (Å²) in [6.45, 7) is 8.38. The average Bonchev–Trinajstić information content (AvgIpc) is 2.67. The predicted molar refractivity (Wildman–Crippen MR) is 74.6 cm³/mol. The van der Waals surface area contributed by atoms with E-state index in [9.17, 15) is 9.59 Å². The number of nitrogens with one attached hydrogen (secondary N) is 1. The van der Waals surface area contributed by atoms with E-state index in [4.69, 9.17) is 0 Å². The van der Waals surface area contributed by atoms with Crippen molar-refractivity contribution in [2.24, 2.45) is 5.41 Å². The molecule has 0 spiro atoms. The van der Waals surface area contributed by atoms with E-state index in [1.54, 1.807) is 0 Å². The summed E-state index contributed by atoms with van der Waals surface area (Å²) in [5.74, 6) is 0.124. The first-order valence-electron chi connectivity index (χ1n) is 7.48. The third kappa shape index (κ3) is 2.77. The lowest BCUT2D eigenvalue weighted by atomic mass is 9.91. The number of rotatable bonds is 3. The Bertz CT molecular complexity index is 378. The number of carbonyl (C=O) groups is 2. The summed E-state index contributed by atoms with van der Waals surface area (Å²) in [5, 5.41) is 2.86. The highest BCUT2D eigenvalue weighted by molar-refractivity contribution is 5.96. The molecule has 1 aliphatic heterocycles. The molecule has 1 heterocycles. The van der Waals surface area contributed by atoms with Crippen LogP contribution in [0.5, 0.6) is 0 Å². The van der Waals surface area contributed by atoms with Crippen LogP contribution >= 0.6 is 0 Å². The molecule has 1 N–H and O–H groups in total. The number of amides is 2. The minimum Gasteiger partial charge on any atom is -0.343 e. The molecule has 0 aromatic rings. The molecule has 108 valence electrons. The van der Waals surface area contributed by atoms with Gasteiger partial charge in [-0.15, -0.1) is 0 Å². The molecule has 0 radical (unpaired) electrons. The van der Waals surface area contributed by atoms with Gasteiger partial charge < -0.3 is 10.2 Å². The van der Waals surface area contributed by atoms with Crippen LogP contribution in [-0.4, -0.2) is 34.8 Å². The number of hydrogen-bond donors (Lipinski definition) is 1. The zero-order valence-electron chi connectivity index (χ0n) is 12.5. The van der Waals surface area contributed by atoms with Crippen molar-refractivity contribution >= 4 is 11.8 Å². The van der Waals surface area contributed by atoms with E-state index in [0.29, 0.717) is 5.41 Å². The Hall–Kier alpha value is -1.06. The van der Waals surface area contributed by atoms with Crippen molar-refractivity contribution in [3.8, 4) is 0 Å². The predicted octanol–water partition coefficient (Wildman–Crippen LogP) is 2.08. The van der Waals surface area contributed by atoms with Gasteiger partial charge in [-0.2, -0.15) is 0 Å². The van der Waals surface area contributed by atoms with E-state index in [1.165, 1.54) is 0 Å². The second-order valence-electron chi connectivity index (χ2n) is 6.83. The Kier molecular flexibility index (Phi) is 3.88. The summed E-state index contributed by atoms with van der Waals surface area (Å²) < 4.78 is 0. The summed E-state index contributed by atoms with van der Waals surface area (Å²) in [6.07, 6.45) is 4.82. The zero-order chi connectivity index (χ0) is 14.2. The highest BCUT2D eigenvalue weighted by atomic mass is 16.2. The molecule has 2 amide bonds. The molecule has 1 saturated carbocycles. The van der Waals surface area contributed by atoms with E-state index in [-0.39, 0.29) is 29.9 Å². The quantitative estimate of drug-likeness (QED) is 0.850. The number of carbonyl (C=O) groups excluding carboxylic acids is 2. The molecular weight excluding hydrogens is 240 g/mol. The van der Waals surface area contributed by atoms with Gasteiger partial charge in [0.05, 0.1) is 0 Å². The summed E-state index contributed by atoms with van der Waals surface area (Å²) in [7, 11) is 0. The van der Waals surface area contributed by atoms with E-state index in [2.05, 4.69) is 19.2 Å². The summed E-state index contributed by atoms with van der Waals surface area (Å²) >= 11 is 0. The van der Waals surface area contributed by atoms with Gasteiger partial charge in [0, 0.05) is 6.04 Å². The lowest BCUT2D eigenvalue weighted by Gasteiger charge is -2.41. The van der Waals surface area contributed by atoms with Crippen molar-refractivity contribution in [2.75, 3.05) is 0 Å². The molecule has 19 heavy (non-hydrogen) atoms. The van der Waals surface area contributed by atoms with Crippen LogP contribution in [0, 0.1) is 5.41 Å². The topological polar surface area (TPSA) is 49.4 Å². The Labute approximate surface area is 115 Å². The minimum absolute atomic E-state index is 0.00255. The van der Waals surface area contributed by atoms with Crippen molar-refractivity contribution in [3.63, 3.8) is 0 Å². The molecule has 0 aromatic carbocycles. The molecule has 3 unspecified atom stereocenters. The second-order valence-corrected chi connectivity index (χ2v) is 6.83. The van der Waals surface area contributed by atoms with Crippen molar-refractivity contribution in [1.29, 1.82) is 0 Å². The highest BCUT2D eigenvalue weighted by Gasteiger charge is 2.44. The molecule has 2 aliphatic rings. The fourth-order valence-electron chi connectivity index (χ4n) is 3.47. The first-order valence-corrected chi connectivity index (χ1v) is 7.48. The van der Waals surface area contributed by atoms with Gasteiger partial charge in [-0.1, -0.05) is 27.2 Å². The van der Waals surface area contributed by atoms with Gasteiger partial charge in [0.2, 0.25) is 11.8 Å². The van der Waals surface area contributed by atoms with Gasteiger partial charge >= 0.3 is 0 Å². The summed E-state index contributed by atoms with van der Waals surface area (Å²) in [4.78, 5) is 26.5. The van der Waals surface area contributed by atoms with E-state index in [0.717, 1.165) is 32.1 Å². The van der Waals surface area contributed by atoms with Crippen molar-refractivity contribution in [3.05, 3.63) is 0 Å². The lowest BCUT2D eigenvalue weighted by Crippen LogP contribution is -2.64. The monoisotopic (exact) mass is 266 g/mol. The van der Waals surface area contributed by atoms with E-state index in [1.807, 2.05) is 18.7 Å². The molecule has 1 saturated heterocycles. The molecule has 4 nitrogen and oxygen atoms in total. The van der Waals surface area contributed by atoms with Crippen LogP contribution < -0.4 is 5.32 Å². The smallest absolute Gasteiger partial charge is 0.246 e. The number of nitrogens with zero attached hydrogens (tertiary/aromatic N) is 1. The molecule has 2 rings (SSSR count). The molecule has 0 bridgehead atoms. The third-order valence-electron chi connectivity index (χ3n) is 4.58. The molecule has 3 atom stereocenters. The second kappa shape index (κ2) is 5.14. The SMILES string of the molecule is CCCC1NC(=O)C(C)N(C2CCC(C)(C)C2)C1=O. The summed E-state index contributed by atoms with van der Waals surface area (Å²) in [6, 6.07) is -0.389. The Morgan fingerprint density at radius 3 is 2.58 bits per heavy atom. The van der Waals surface area contributed by atoms with E-state index >= 15 is 0 Å². The molecule has 4 heteroatoms. The van der Waals surface area contributed by atoms with E-state index < -0.39 is 0 Å². The average molecular weight is 266 g/mol. The van der Waals surface area contributed by atoms with Gasteiger partial charge in [0.1, 0.15) is 12.1 Å². The van der Waals surface area contributed by atoms with Crippen molar-refractivity contribution in [1.82, 2.24) is 10.2 Å². The van der Waals surface area contributed by atoms with Crippen molar-refractivity contribution < 1.29 is 9.59 Å². The normalized spacial score (nSPS) is 34.5. The minimum atomic E-state index is -0.320. The Balaban J connectivity index is 2.16. The van der Waals surface area contributed by atoms with Gasteiger partial charge in [-0.25, -0.2) is 0 Å². The van der Waals surface area contributed by atoms with Crippen LogP contribution in [0.15, 0.2) is 0 Å². The van der Waals surface area contributed by atoms with Crippen LogP contribution in [0.1, 0.15) is 59.8 Å². The van der Waals surface area contributed by atoms with Crippen LogP contribution in [0.4, 0.5) is 0 Å². The maximum Gasteiger partial charge on any atom is 0.246 e.